The van der Waals surface area contributed by atoms with Gasteiger partial charge in [-0.25, -0.2) is 0 Å². The van der Waals surface area contributed by atoms with Gasteiger partial charge in [0, 0.05) is 19.7 Å². The average molecular weight is 257 g/mol. The molecule has 0 rings (SSSR count). The minimum absolute atomic E-state index is 0.171. The van der Waals surface area contributed by atoms with Gasteiger partial charge in [-0.15, -0.1) is 0 Å². The van der Waals surface area contributed by atoms with Crippen molar-refractivity contribution in [3.63, 3.8) is 0 Å². The third-order valence-electron chi connectivity index (χ3n) is 2.17. The Morgan fingerprint density at radius 3 is 2.06 bits per heavy atom. The van der Waals surface area contributed by atoms with E-state index in [1.807, 2.05) is 13.8 Å². The molecular formula is C9H24NO5P. The first-order valence-corrected chi connectivity index (χ1v) is 6.56. The highest BCUT2D eigenvalue weighted by atomic mass is 31.1. The van der Waals surface area contributed by atoms with Crippen LogP contribution in [0, 0.1) is 0 Å². The molecule has 0 aliphatic rings. The molecule has 100 valence electrons. The molecule has 0 aliphatic carbocycles. The molecule has 0 aromatic rings. The van der Waals surface area contributed by atoms with Crippen molar-refractivity contribution in [2.24, 2.45) is 0 Å². The van der Waals surface area contributed by atoms with E-state index >= 15 is 0 Å². The molecule has 0 saturated heterocycles. The fourth-order valence-corrected chi connectivity index (χ4v) is 1.23. The van der Waals surface area contributed by atoms with Crippen LogP contribution >= 0.6 is 8.25 Å². The number of nitrogens with zero attached hydrogens (tertiary/aromatic N) is 1. The van der Waals surface area contributed by atoms with Gasteiger partial charge in [0.05, 0.1) is 13.2 Å². The Hall–Kier alpha value is 0.0300. The molecule has 0 aromatic carbocycles. The van der Waals surface area contributed by atoms with Crippen molar-refractivity contribution in [2.75, 3.05) is 33.4 Å². The van der Waals surface area contributed by atoms with Crippen molar-refractivity contribution in [1.29, 1.82) is 0 Å². The number of rotatable bonds is 7. The van der Waals surface area contributed by atoms with Gasteiger partial charge in [-0.1, -0.05) is 13.8 Å². The molecule has 0 spiro atoms. The van der Waals surface area contributed by atoms with E-state index in [4.69, 9.17) is 15.1 Å². The first-order valence-electron chi connectivity index (χ1n) is 5.29. The monoisotopic (exact) mass is 257 g/mol. The number of likely N-dealkylation sites (N-methyl/N-ethyl adjacent to an activating group) is 1. The number of hydrogen-bond acceptors (Lipinski definition) is 5. The molecule has 16 heavy (non-hydrogen) atoms. The second kappa shape index (κ2) is 13.1. The Kier molecular flexibility index (Phi) is 15.1. The molecule has 0 fully saturated rings. The van der Waals surface area contributed by atoms with Crippen LogP contribution in [0.2, 0.25) is 0 Å². The topological polar surface area (TPSA) is 90.2 Å². The summed E-state index contributed by atoms with van der Waals surface area (Å²) >= 11 is 0. The first kappa shape index (κ1) is 18.4. The molecular weight excluding hydrogens is 233 g/mol. The van der Waals surface area contributed by atoms with Crippen molar-refractivity contribution < 1.29 is 24.2 Å². The molecule has 0 saturated carbocycles. The van der Waals surface area contributed by atoms with Gasteiger partial charge in [0.25, 0.3) is 0 Å². The molecule has 0 bridgehead atoms. The Balaban J connectivity index is 0. The minimum Gasteiger partial charge on any atom is -0.395 e. The van der Waals surface area contributed by atoms with Crippen molar-refractivity contribution in [2.45, 2.75) is 26.3 Å². The normalized spacial score (nSPS) is 14.2. The van der Waals surface area contributed by atoms with Gasteiger partial charge < -0.3 is 19.6 Å². The molecule has 2 atom stereocenters. The fourth-order valence-electron chi connectivity index (χ4n) is 1.23. The Morgan fingerprint density at radius 1 is 1.38 bits per heavy atom. The lowest BCUT2D eigenvalue weighted by molar-refractivity contribution is 0.104. The smallest absolute Gasteiger partial charge is 0.316 e. The largest absolute Gasteiger partial charge is 0.395 e. The van der Waals surface area contributed by atoms with Gasteiger partial charge in [0.2, 0.25) is 0 Å². The zero-order valence-electron chi connectivity index (χ0n) is 10.2. The van der Waals surface area contributed by atoms with Crippen molar-refractivity contribution in [3.05, 3.63) is 0 Å². The summed E-state index contributed by atoms with van der Waals surface area (Å²) < 4.78 is 13.2. The maximum absolute atomic E-state index is 9.33. The summed E-state index contributed by atoms with van der Waals surface area (Å²) in [6, 6.07) is 0.215. The summed E-state index contributed by atoms with van der Waals surface area (Å²) in [6.07, 6.45) is 0.935. The first-order chi connectivity index (χ1) is 7.56. The lowest BCUT2D eigenvalue weighted by Crippen LogP contribution is -2.39. The van der Waals surface area contributed by atoms with E-state index < -0.39 is 8.25 Å². The van der Waals surface area contributed by atoms with Crippen molar-refractivity contribution in [3.8, 4) is 0 Å². The van der Waals surface area contributed by atoms with Crippen LogP contribution in [0.1, 0.15) is 20.3 Å². The molecule has 0 aromatic heterocycles. The van der Waals surface area contributed by atoms with Gasteiger partial charge in [0.1, 0.15) is 0 Å². The van der Waals surface area contributed by atoms with Gasteiger partial charge in [0.15, 0.2) is 0 Å². The number of hydrogen-bond donors (Lipinski definition) is 3. The van der Waals surface area contributed by atoms with Crippen LogP contribution in [-0.2, 0) is 9.09 Å². The standard InChI is InChI=1S/C8H19NO2.CH5O3P/c1-3-8(7-11)9(4-2)5-6-10;1-4-5(2)3/h8,10-11H,3-7H2,1-2H3;5H,1H3,(H,2,3). The Labute approximate surface area is 97.8 Å². The second-order valence-electron chi connectivity index (χ2n) is 3.07. The van der Waals surface area contributed by atoms with Gasteiger partial charge in [-0.2, -0.15) is 0 Å². The fraction of sp³-hybridized carbons (Fsp3) is 1.00. The minimum atomic E-state index is -2.62. The highest BCUT2D eigenvalue weighted by molar-refractivity contribution is 7.32. The maximum atomic E-state index is 9.33. The summed E-state index contributed by atoms with van der Waals surface area (Å²) in [6.45, 7) is 5.98. The van der Waals surface area contributed by atoms with E-state index in [-0.39, 0.29) is 19.3 Å². The van der Waals surface area contributed by atoms with Crippen LogP contribution < -0.4 is 0 Å². The summed E-state index contributed by atoms with van der Waals surface area (Å²) in [5.74, 6) is 0. The van der Waals surface area contributed by atoms with Gasteiger partial charge >= 0.3 is 8.25 Å². The molecule has 2 unspecified atom stereocenters. The zero-order valence-corrected chi connectivity index (χ0v) is 11.2. The molecule has 3 N–H and O–H groups in total. The van der Waals surface area contributed by atoms with Gasteiger partial charge in [-0.05, 0) is 13.0 Å². The van der Waals surface area contributed by atoms with E-state index in [1.165, 1.54) is 7.11 Å². The van der Waals surface area contributed by atoms with Crippen LogP contribution in [0.5, 0.6) is 0 Å². The van der Waals surface area contributed by atoms with E-state index in [1.54, 1.807) is 0 Å². The quantitative estimate of drug-likeness (QED) is 0.560. The summed E-state index contributed by atoms with van der Waals surface area (Å²) in [7, 11) is -1.44. The summed E-state index contributed by atoms with van der Waals surface area (Å²) in [4.78, 5) is 9.77. The van der Waals surface area contributed by atoms with Crippen LogP contribution in [0.3, 0.4) is 0 Å². The molecule has 6 nitrogen and oxygen atoms in total. The zero-order chi connectivity index (χ0) is 13.0. The average Bonchev–Trinajstić information content (AvgIpc) is 2.30. The number of aliphatic hydroxyl groups is 2. The van der Waals surface area contributed by atoms with Crippen LogP contribution in [0.25, 0.3) is 0 Å². The molecule has 0 amide bonds. The maximum Gasteiger partial charge on any atom is 0.316 e. The summed E-state index contributed by atoms with van der Waals surface area (Å²) in [5.41, 5.74) is 0. The SMILES string of the molecule is CCC(CO)N(CC)CCO.CO[PH](=O)O. The highest BCUT2D eigenvalue weighted by Gasteiger charge is 2.12. The number of aliphatic hydroxyl groups excluding tert-OH is 2. The lowest BCUT2D eigenvalue weighted by Gasteiger charge is -2.27. The molecule has 0 aliphatic heterocycles. The summed E-state index contributed by atoms with van der Waals surface area (Å²) in [5, 5.41) is 17.6. The molecule has 0 radical (unpaired) electrons. The third-order valence-corrected chi connectivity index (χ3v) is 2.52. The van der Waals surface area contributed by atoms with Crippen LogP contribution in [0.15, 0.2) is 0 Å². The Morgan fingerprint density at radius 2 is 1.88 bits per heavy atom. The van der Waals surface area contributed by atoms with Crippen molar-refractivity contribution >= 4 is 8.25 Å². The van der Waals surface area contributed by atoms with Gasteiger partial charge in [-0.3, -0.25) is 9.46 Å². The molecule has 7 heteroatoms. The van der Waals surface area contributed by atoms with Crippen LogP contribution in [0.4, 0.5) is 0 Å². The Bertz CT molecular complexity index is 166. The van der Waals surface area contributed by atoms with E-state index in [0.29, 0.717) is 6.54 Å². The van der Waals surface area contributed by atoms with E-state index in [9.17, 15) is 4.57 Å². The van der Waals surface area contributed by atoms with Crippen molar-refractivity contribution in [1.82, 2.24) is 4.90 Å². The lowest BCUT2D eigenvalue weighted by atomic mass is 10.2. The van der Waals surface area contributed by atoms with E-state index in [0.717, 1.165) is 13.0 Å². The predicted molar refractivity (Wildman–Crippen MR) is 63.7 cm³/mol. The van der Waals surface area contributed by atoms with Crippen LogP contribution in [-0.4, -0.2) is 59.5 Å². The highest BCUT2D eigenvalue weighted by Crippen LogP contribution is 2.09. The molecule has 0 heterocycles. The van der Waals surface area contributed by atoms with E-state index in [2.05, 4.69) is 9.42 Å². The predicted octanol–water partition coefficient (Wildman–Crippen LogP) is 0.0863. The second-order valence-corrected chi connectivity index (χ2v) is 4.01. The third kappa shape index (κ3) is 10.5.